The van der Waals surface area contributed by atoms with Gasteiger partial charge in [0.05, 0.1) is 6.04 Å². The Morgan fingerprint density at radius 2 is 1.78 bits per heavy atom. The zero-order valence-corrected chi connectivity index (χ0v) is 12.4. The lowest BCUT2D eigenvalue weighted by Crippen LogP contribution is -2.05. The fourth-order valence-electron chi connectivity index (χ4n) is 2.20. The van der Waals surface area contributed by atoms with E-state index in [1.807, 2.05) is 11.3 Å². The van der Waals surface area contributed by atoms with Crippen LogP contribution in [-0.4, -0.2) is 0 Å². The van der Waals surface area contributed by atoms with Crippen LogP contribution in [0.25, 0.3) is 0 Å². The summed E-state index contributed by atoms with van der Waals surface area (Å²) in [4.78, 5) is 2.87. The average molecular weight is 259 g/mol. The first-order chi connectivity index (χ1) is 8.58. The van der Waals surface area contributed by atoms with Gasteiger partial charge in [0, 0.05) is 15.4 Å². The number of hydrogen-bond acceptors (Lipinski definition) is 2. The number of nitrogens with one attached hydrogen (secondary N) is 1. The third-order valence-corrected chi connectivity index (χ3v) is 4.47. The summed E-state index contributed by atoms with van der Waals surface area (Å²) in [5.74, 6) is 0. The van der Waals surface area contributed by atoms with E-state index in [2.05, 4.69) is 63.3 Å². The van der Waals surface area contributed by atoms with Gasteiger partial charge in [0.1, 0.15) is 0 Å². The summed E-state index contributed by atoms with van der Waals surface area (Å²) in [5, 5.41) is 3.59. The normalized spacial score (nSPS) is 12.4. The van der Waals surface area contributed by atoms with Crippen LogP contribution in [0, 0.1) is 13.8 Å². The Kier molecular flexibility index (Phi) is 4.07. The van der Waals surface area contributed by atoms with Gasteiger partial charge in [0.25, 0.3) is 0 Å². The van der Waals surface area contributed by atoms with Crippen molar-refractivity contribution in [2.45, 2.75) is 40.2 Å². The Balaban J connectivity index is 2.12. The van der Waals surface area contributed by atoms with Crippen molar-refractivity contribution in [2.24, 2.45) is 0 Å². The lowest BCUT2D eigenvalue weighted by Gasteiger charge is -2.15. The zero-order chi connectivity index (χ0) is 13.1. The van der Waals surface area contributed by atoms with Crippen molar-refractivity contribution in [3.63, 3.8) is 0 Å². The van der Waals surface area contributed by atoms with Crippen LogP contribution in [0.4, 0.5) is 5.69 Å². The van der Waals surface area contributed by atoms with Crippen molar-refractivity contribution in [2.75, 3.05) is 5.32 Å². The van der Waals surface area contributed by atoms with Gasteiger partial charge in [0.2, 0.25) is 0 Å². The third kappa shape index (κ3) is 3.14. The molecule has 1 aromatic heterocycles. The Morgan fingerprint density at radius 3 is 2.33 bits per heavy atom. The number of hydrogen-bond donors (Lipinski definition) is 1. The molecule has 0 amide bonds. The average Bonchev–Trinajstić information content (AvgIpc) is 2.75. The molecule has 18 heavy (non-hydrogen) atoms. The van der Waals surface area contributed by atoms with E-state index in [1.54, 1.807) is 0 Å². The Morgan fingerprint density at radius 1 is 1.11 bits per heavy atom. The maximum Gasteiger partial charge on any atom is 0.0578 e. The predicted octanol–water partition coefficient (Wildman–Crippen LogP) is 5.10. The summed E-state index contributed by atoms with van der Waals surface area (Å²) in [6.45, 7) is 8.72. The molecule has 2 rings (SSSR count). The van der Waals surface area contributed by atoms with Crippen LogP contribution in [0.15, 0.2) is 30.3 Å². The van der Waals surface area contributed by atoms with E-state index in [4.69, 9.17) is 0 Å². The molecule has 0 saturated carbocycles. The van der Waals surface area contributed by atoms with Crippen molar-refractivity contribution in [1.29, 1.82) is 0 Å². The second-order valence-electron chi connectivity index (χ2n) is 4.90. The van der Waals surface area contributed by atoms with Crippen molar-refractivity contribution in [3.05, 3.63) is 51.2 Å². The smallest absolute Gasteiger partial charge is 0.0578 e. The minimum Gasteiger partial charge on any atom is -0.378 e. The molecule has 1 atom stereocenters. The van der Waals surface area contributed by atoms with Gasteiger partial charge in [0.15, 0.2) is 0 Å². The monoisotopic (exact) mass is 259 g/mol. The van der Waals surface area contributed by atoms with Gasteiger partial charge in [-0.3, -0.25) is 0 Å². The van der Waals surface area contributed by atoms with E-state index in [-0.39, 0.29) is 0 Å². The van der Waals surface area contributed by atoms with Gasteiger partial charge in [-0.25, -0.2) is 0 Å². The molecule has 0 fully saturated rings. The molecule has 0 aliphatic heterocycles. The Labute approximate surface area is 114 Å². The number of anilines is 1. The predicted molar refractivity (Wildman–Crippen MR) is 81.7 cm³/mol. The molecule has 1 N–H and O–H groups in total. The highest BCUT2D eigenvalue weighted by Gasteiger charge is 2.08. The number of thiophene rings is 1. The molecular weight excluding hydrogens is 238 g/mol. The van der Waals surface area contributed by atoms with Gasteiger partial charge in [-0.05, 0) is 62.6 Å². The quantitative estimate of drug-likeness (QED) is 0.805. The van der Waals surface area contributed by atoms with E-state index in [9.17, 15) is 0 Å². The minimum atomic E-state index is 0.372. The molecule has 0 radical (unpaired) electrons. The van der Waals surface area contributed by atoms with Crippen LogP contribution in [-0.2, 0) is 6.42 Å². The van der Waals surface area contributed by atoms with E-state index in [0.29, 0.717) is 6.04 Å². The third-order valence-electron chi connectivity index (χ3n) is 3.06. The van der Waals surface area contributed by atoms with Crippen molar-refractivity contribution >= 4 is 17.0 Å². The number of aryl methyl sites for hydroxylation is 3. The summed E-state index contributed by atoms with van der Waals surface area (Å²) in [5.41, 5.74) is 3.83. The van der Waals surface area contributed by atoms with Crippen LogP contribution < -0.4 is 5.32 Å². The molecule has 0 saturated heterocycles. The standard InChI is InChI=1S/C16H21NS/c1-5-15-6-7-16(18-15)13(4)17-14-9-11(2)8-12(3)10-14/h6-10,13,17H,5H2,1-4H3. The van der Waals surface area contributed by atoms with E-state index in [1.165, 1.54) is 26.6 Å². The maximum atomic E-state index is 3.59. The summed E-state index contributed by atoms with van der Waals surface area (Å²) in [6.07, 6.45) is 1.13. The van der Waals surface area contributed by atoms with E-state index >= 15 is 0 Å². The summed E-state index contributed by atoms with van der Waals surface area (Å²) in [7, 11) is 0. The van der Waals surface area contributed by atoms with Gasteiger partial charge in [-0.1, -0.05) is 13.0 Å². The first kappa shape index (κ1) is 13.2. The van der Waals surface area contributed by atoms with Crippen LogP contribution in [0.2, 0.25) is 0 Å². The second kappa shape index (κ2) is 5.57. The van der Waals surface area contributed by atoms with Crippen molar-refractivity contribution in [1.82, 2.24) is 0 Å². The van der Waals surface area contributed by atoms with Crippen LogP contribution in [0.1, 0.15) is 40.8 Å². The first-order valence-electron chi connectivity index (χ1n) is 6.52. The molecule has 96 valence electrons. The van der Waals surface area contributed by atoms with Crippen molar-refractivity contribution in [3.8, 4) is 0 Å². The summed E-state index contributed by atoms with van der Waals surface area (Å²) < 4.78 is 0. The van der Waals surface area contributed by atoms with E-state index < -0.39 is 0 Å². The topological polar surface area (TPSA) is 12.0 Å². The first-order valence-corrected chi connectivity index (χ1v) is 7.33. The highest BCUT2D eigenvalue weighted by atomic mass is 32.1. The lowest BCUT2D eigenvalue weighted by atomic mass is 10.1. The van der Waals surface area contributed by atoms with Gasteiger partial charge >= 0.3 is 0 Å². The minimum absolute atomic E-state index is 0.372. The molecule has 1 nitrogen and oxygen atoms in total. The molecular formula is C16H21NS. The highest BCUT2D eigenvalue weighted by molar-refractivity contribution is 7.12. The molecule has 2 aromatic rings. The number of benzene rings is 1. The van der Waals surface area contributed by atoms with Gasteiger partial charge in [-0.2, -0.15) is 0 Å². The fraction of sp³-hybridized carbons (Fsp3) is 0.375. The molecule has 0 aliphatic rings. The largest absolute Gasteiger partial charge is 0.378 e. The Hall–Kier alpha value is -1.28. The molecule has 0 spiro atoms. The van der Waals surface area contributed by atoms with Crippen LogP contribution in [0.3, 0.4) is 0 Å². The van der Waals surface area contributed by atoms with Crippen LogP contribution in [0.5, 0.6) is 0 Å². The van der Waals surface area contributed by atoms with Crippen molar-refractivity contribution < 1.29 is 0 Å². The summed E-state index contributed by atoms with van der Waals surface area (Å²) >= 11 is 1.91. The molecule has 1 aromatic carbocycles. The summed E-state index contributed by atoms with van der Waals surface area (Å²) in [6, 6.07) is 11.5. The zero-order valence-electron chi connectivity index (χ0n) is 11.6. The van der Waals surface area contributed by atoms with Crippen LogP contribution >= 0.6 is 11.3 Å². The molecule has 2 heteroatoms. The number of rotatable bonds is 4. The molecule has 0 aliphatic carbocycles. The second-order valence-corrected chi connectivity index (χ2v) is 6.10. The Bertz CT molecular complexity index is 507. The highest BCUT2D eigenvalue weighted by Crippen LogP contribution is 2.27. The fourth-order valence-corrected chi connectivity index (χ4v) is 3.15. The molecule has 0 bridgehead atoms. The maximum absolute atomic E-state index is 3.59. The lowest BCUT2D eigenvalue weighted by molar-refractivity contribution is 0.907. The SMILES string of the molecule is CCc1ccc(C(C)Nc2cc(C)cc(C)c2)s1. The van der Waals surface area contributed by atoms with E-state index in [0.717, 1.165) is 6.42 Å². The molecule has 1 unspecified atom stereocenters. The van der Waals surface area contributed by atoms with Gasteiger partial charge in [-0.15, -0.1) is 11.3 Å². The molecule has 1 heterocycles. The van der Waals surface area contributed by atoms with Gasteiger partial charge < -0.3 is 5.32 Å².